The van der Waals surface area contributed by atoms with Gasteiger partial charge in [0, 0.05) is 5.41 Å². The molecule has 0 radical (unpaired) electrons. The smallest absolute Gasteiger partial charge is 0.251 e. The molecule has 1 aliphatic rings. The zero-order valence-corrected chi connectivity index (χ0v) is 9.97. The molecule has 2 unspecified atom stereocenters. The fourth-order valence-electron chi connectivity index (χ4n) is 1.45. The van der Waals surface area contributed by atoms with Crippen LogP contribution in [0.15, 0.2) is 0 Å². The molecular formula is C11H21NO2. The first-order chi connectivity index (χ1) is 6.12. The van der Waals surface area contributed by atoms with Gasteiger partial charge in [-0.1, -0.05) is 41.5 Å². The van der Waals surface area contributed by atoms with E-state index in [0.717, 1.165) is 0 Å². The van der Waals surface area contributed by atoms with E-state index in [-0.39, 0.29) is 29.1 Å². The maximum absolute atomic E-state index is 11.6. The molecule has 0 spiro atoms. The van der Waals surface area contributed by atoms with Crippen LogP contribution in [0.3, 0.4) is 0 Å². The Bertz CT molecular complexity index is 235. The van der Waals surface area contributed by atoms with Crippen molar-refractivity contribution in [2.45, 2.75) is 53.9 Å². The summed E-state index contributed by atoms with van der Waals surface area (Å²) >= 11 is 0. The molecule has 3 heteroatoms. The summed E-state index contributed by atoms with van der Waals surface area (Å²) in [6.45, 7) is 12.2. The van der Waals surface area contributed by atoms with Gasteiger partial charge in [0.15, 0.2) is 0 Å². The van der Waals surface area contributed by atoms with Gasteiger partial charge >= 0.3 is 0 Å². The van der Waals surface area contributed by atoms with Crippen LogP contribution in [0.5, 0.6) is 0 Å². The van der Waals surface area contributed by atoms with Crippen LogP contribution in [0.2, 0.25) is 0 Å². The number of ether oxygens (including phenoxy) is 1. The SMILES string of the molecule is CC(C)(C)C1NC(=O)C(C(C)(C)C)O1. The van der Waals surface area contributed by atoms with E-state index in [0.29, 0.717) is 0 Å². The molecular weight excluding hydrogens is 178 g/mol. The topological polar surface area (TPSA) is 38.3 Å². The third-order valence-electron chi connectivity index (χ3n) is 2.36. The number of rotatable bonds is 0. The average molecular weight is 199 g/mol. The average Bonchev–Trinajstić information content (AvgIpc) is 2.27. The molecule has 1 N–H and O–H groups in total. The van der Waals surface area contributed by atoms with Gasteiger partial charge in [-0.3, -0.25) is 4.79 Å². The van der Waals surface area contributed by atoms with Crippen molar-refractivity contribution in [2.75, 3.05) is 0 Å². The fraction of sp³-hybridized carbons (Fsp3) is 0.909. The van der Waals surface area contributed by atoms with Crippen LogP contribution in [0, 0.1) is 10.8 Å². The Morgan fingerprint density at radius 2 is 1.57 bits per heavy atom. The Morgan fingerprint density at radius 3 is 1.79 bits per heavy atom. The fourth-order valence-corrected chi connectivity index (χ4v) is 1.45. The van der Waals surface area contributed by atoms with Crippen LogP contribution in [0.4, 0.5) is 0 Å². The van der Waals surface area contributed by atoms with Gasteiger partial charge < -0.3 is 10.1 Å². The molecule has 14 heavy (non-hydrogen) atoms. The van der Waals surface area contributed by atoms with Crippen LogP contribution < -0.4 is 5.32 Å². The molecule has 1 heterocycles. The van der Waals surface area contributed by atoms with E-state index >= 15 is 0 Å². The Morgan fingerprint density at radius 1 is 1.07 bits per heavy atom. The molecule has 82 valence electrons. The van der Waals surface area contributed by atoms with E-state index in [1.807, 2.05) is 20.8 Å². The number of nitrogens with one attached hydrogen (secondary N) is 1. The molecule has 1 aliphatic heterocycles. The van der Waals surface area contributed by atoms with Crippen LogP contribution in [0.1, 0.15) is 41.5 Å². The molecule has 2 atom stereocenters. The van der Waals surface area contributed by atoms with Crippen molar-refractivity contribution in [3.63, 3.8) is 0 Å². The maximum Gasteiger partial charge on any atom is 0.251 e. The lowest BCUT2D eigenvalue weighted by Gasteiger charge is -2.28. The predicted molar refractivity (Wildman–Crippen MR) is 55.7 cm³/mol. The molecule has 0 saturated carbocycles. The molecule has 1 amide bonds. The highest BCUT2D eigenvalue weighted by Gasteiger charge is 2.44. The second-order valence-electron chi connectivity index (χ2n) is 6.14. The summed E-state index contributed by atoms with van der Waals surface area (Å²) in [6, 6.07) is 0. The summed E-state index contributed by atoms with van der Waals surface area (Å²) in [5.74, 6) is 0.0115. The van der Waals surface area contributed by atoms with Crippen molar-refractivity contribution >= 4 is 5.91 Å². The van der Waals surface area contributed by atoms with Gasteiger partial charge in [0.25, 0.3) is 5.91 Å². The largest absolute Gasteiger partial charge is 0.344 e. The molecule has 1 rings (SSSR count). The first-order valence-corrected chi connectivity index (χ1v) is 5.08. The molecule has 0 aliphatic carbocycles. The lowest BCUT2D eigenvalue weighted by atomic mass is 9.89. The Labute approximate surface area is 86.2 Å². The minimum Gasteiger partial charge on any atom is -0.344 e. The van der Waals surface area contributed by atoms with Crippen molar-refractivity contribution in [3.05, 3.63) is 0 Å². The van der Waals surface area contributed by atoms with Gasteiger partial charge in [0.2, 0.25) is 0 Å². The van der Waals surface area contributed by atoms with E-state index in [2.05, 4.69) is 26.1 Å². The van der Waals surface area contributed by atoms with Crippen LogP contribution >= 0.6 is 0 Å². The Balaban J connectivity index is 2.75. The molecule has 0 bridgehead atoms. The first kappa shape index (κ1) is 11.5. The highest BCUT2D eigenvalue weighted by Crippen LogP contribution is 2.32. The number of carbonyl (C=O) groups is 1. The molecule has 0 aromatic carbocycles. The van der Waals surface area contributed by atoms with E-state index in [1.54, 1.807) is 0 Å². The van der Waals surface area contributed by atoms with Crippen LogP contribution in [-0.2, 0) is 9.53 Å². The van der Waals surface area contributed by atoms with E-state index in [1.165, 1.54) is 0 Å². The van der Waals surface area contributed by atoms with Crippen molar-refractivity contribution in [1.29, 1.82) is 0 Å². The van der Waals surface area contributed by atoms with Gasteiger partial charge in [0.1, 0.15) is 12.3 Å². The maximum atomic E-state index is 11.6. The van der Waals surface area contributed by atoms with Gasteiger partial charge in [-0.05, 0) is 5.41 Å². The summed E-state index contributed by atoms with van der Waals surface area (Å²) < 4.78 is 5.74. The highest BCUT2D eigenvalue weighted by molar-refractivity contribution is 5.83. The zero-order chi connectivity index (χ0) is 11.1. The van der Waals surface area contributed by atoms with Crippen molar-refractivity contribution in [3.8, 4) is 0 Å². The van der Waals surface area contributed by atoms with Gasteiger partial charge in [0.05, 0.1) is 0 Å². The van der Waals surface area contributed by atoms with Crippen molar-refractivity contribution < 1.29 is 9.53 Å². The zero-order valence-electron chi connectivity index (χ0n) is 9.97. The molecule has 0 aromatic heterocycles. The first-order valence-electron chi connectivity index (χ1n) is 5.08. The third kappa shape index (κ3) is 2.27. The molecule has 1 saturated heterocycles. The van der Waals surface area contributed by atoms with Gasteiger partial charge in [-0.15, -0.1) is 0 Å². The van der Waals surface area contributed by atoms with E-state index in [4.69, 9.17) is 4.74 Å². The summed E-state index contributed by atoms with van der Waals surface area (Å²) in [6.07, 6.45) is -0.494. The summed E-state index contributed by atoms with van der Waals surface area (Å²) in [7, 11) is 0. The Kier molecular flexibility index (Phi) is 2.65. The number of carbonyl (C=O) groups excluding carboxylic acids is 1. The van der Waals surface area contributed by atoms with E-state index < -0.39 is 0 Å². The minimum absolute atomic E-state index is 0.0115. The monoisotopic (exact) mass is 199 g/mol. The van der Waals surface area contributed by atoms with E-state index in [9.17, 15) is 4.79 Å². The number of hydrogen-bond acceptors (Lipinski definition) is 2. The lowest BCUT2D eigenvalue weighted by Crippen LogP contribution is -2.38. The quantitative estimate of drug-likeness (QED) is 0.647. The normalized spacial score (nSPS) is 29.1. The number of amides is 1. The predicted octanol–water partition coefficient (Wildman–Crippen LogP) is 1.92. The van der Waals surface area contributed by atoms with Crippen LogP contribution in [0.25, 0.3) is 0 Å². The molecule has 3 nitrogen and oxygen atoms in total. The van der Waals surface area contributed by atoms with Crippen LogP contribution in [-0.4, -0.2) is 18.2 Å². The summed E-state index contributed by atoms with van der Waals surface area (Å²) in [5.41, 5.74) is -0.181. The van der Waals surface area contributed by atoms with Gasteiger partial charge in [-0.2, -0.15) is 0 Å². The standard InChI is InChI=1S/C11H21NO2/c1-10(2,3)7-8(13)12-9(14-7)11(4,5)6/h7,9H,1-6H3,(H,12,13). The molecule has 0 aromatic rings. The minimum atomic E-state index is -0.327. The van der Waals surface area contributed by atoms with Crippen molar-refractivity contribution in [1.82, 2.24) is 5.32 Å². The Hall–Kier alpha value is -0.570. The summed E-state index contributed by atoms with van der Waals surface area (Å²) in [4.78, 5) is 11.6. The highest BCUT2D eigenvalue weighted by atomic mass is 16.5. The third-order valence-corrected chi connectivity index (χ3v) is 2.36. The lowest BCUT2D eigenvalue weighted by molar-refractivity contribution is -0.129. The van der Waals surface area contributed by atoms with Crippen molar-refractivity contribution in [2.24, 2.45) is 10.8 Å². The number of hydrogen-bond donors (Lipinski definition) is 1. The second-order valence-corrected chi connectivity index (χ2v) is 6.14. The molecule has 1 fully saturated rings. The second kappa shape index (κ2) is 3.23. The summed E-state index contributed by atoms with van der Waals surface area (Å²) in [5, 5.41) is 2.89. The van der Waals surface area contributed by atoms with Gasteiger partial charge in [-0.25, -0.2) is 0 Å².